The van der Waals surface area contributed by atoms with Crippen molar-refractivity contribution in [2.45, 2.75) is 35.4 Å². The molecule has 2 aromatic rings. The number of benzene rings is 2. The van der Waals surface area contributed by atoms with Gasteiger partial charge in [0.25, 0.3) is 0 Å². The van der Waals surface area contributed by atoms with Gasteiger partial charge < -0.3 is 25.2 Å². The molecular formula is C19H19Cl2FO5S. The zero-order valence-corrected chi connectivity index (χ0v) is 16.8. The molecule has 1 heterocycles. The number of ether oxygens (including phenoxy) is 1. The number of thioether (sulfide) groups is 1. The van der Waals surface area contributed by atoms with Crippen LogP contribution in [0.1, 0.15) is 11.1 Å². The summed E-state index contributed by atoms with van der Waals surface area (Å²) in [7, 11) is 0. The maximum absolute atomic E-state index is 14.2. The summed E-state index contributed by atoms with van der Waals surface area (Å²) >= 11 is 13.2. The monoisotopic (exact) mass is 448 g/mol. The number of aliphatic hydroxyl groups is 4. The highest BCUT2D eigenvalue weighted by Crippen LogP contribution is 2.36. The number of rotatable bonds is 5. The van der Waals surface area contributed by atoms with E-state index >= 15 is 0 Å². The fourth-order valence-electron chi connectivity index (χ4n) is 2.98. The third kappa shape index (κ3) is 4.57. The molecule has 4 N–H and O–H groups in total. The Balaban J connectivity index is 1.89. The Morgan fingerprint density at radius 2 is 1.79 bits per heavy atom. The smallest absolute Gasteiger partial charge is 0.173 e. The van der Waals surface area contributed by atoms with E-state index in [0.29, 0.717) is 16.3 Å². The van der Waals surface area contributed by atoms with Gasteiger partial charge in [-0.05, 0) is 30.3 Å². The third-order valence-electron chi connectivity index (χ3n) is 4.54. The molecule has 28 heavy (non-hydrogen) atoms. The van der Waals surface area contributed by atoms with Gasteiger partial charge in [0.1, 0.15) is 23.8 Å². The van der Waals surface area contributed by atoms with Gasteiger partial charge in [0.15, 0.2) is 5.44 Å². The molecule has 1 aliphatic heterocycles. The Bertz CT molecular complexity index is 818. The second-order valence-electron chi connectivity index (χ2n) is 6.44. The Hall–Kier alpha value is -1.06. The fraction of sp³-hybridized carbons (Fsp3) is 0.368. The van der Waals surface area contributed by atoms with Crippen molar-refractivity contribution in [3.8, 4) is 5.75 Å². The Kier molecular flexibility index (Phi) is 7.09. The summed E-state index contributed by atoms with van der Waals surface area (Å²) < 4.78 is 20.1. The van der Waals surface area contributed by atoms with Crippen LogP contribution in [0.25, 0.3) is 0 Å². The van der Waals surface area contributed by atoms with Crippen LogP contribution in [-0.2, 0) is 6.42 Å². The number of hydrogen-bond donors (Lipinski definition) is 4. The predicted molar refractivity (Wildman–Crippen MR) is 107 cm³/mol. The van der Waals surface area contributed by atoms with Crippen LogP contribution in [0.5, 0.6) is 5.75 Å². The van der Waals surface area contributed by atoms with Crippen LogP contribution in [0.15, 0.2) is 36.4 Å². The molecule has 0 saturated carbocycles. The quantitative estimate of drug-likeness (QED) is 0.561. The van der Waals surface area contributed by atoms with Crippen LogP contribution >= 0.6 is 35.0 Å². The molecule has 5 atom stereocenters. The van der Waals surface area contributed by atoms with Crippen molar-refractivity contribution in [1.82, 2.24) is 0 Å². The molecule has 0 unspecified atom stereocenters. The van der Waals surface area contributed by atoms with Crippen LogP contribution < -0.4 is 4.74 Å². The highest BCUT2D eigenvalue weighted by molar-refractivity contribution is 8.00. The zero-order valence-electron chi connectivity index (χ0n) is 14.5. The molecule has 9 heteroatoms. The van der Waals surface area contributed by atoms with Crippen molar-refractivity contribution >= 4 is 35.0 Å². The molecule has 0 radical (unpaired) electrons. The summed E-state index contributed by atoms with van der Waals surface area (Å²) in [6.07, 6.45) is -4.04. The minimum absolute atomic E-state index is 0.101. The molecule has 0 aliphatic carbocycles. The fourth-order valence-corrected chi connectivity index (χ4v) is 4.64. The molecule has 152 valence electrons. The molecule has 0 amide bonds. The molecule has 2 aromatic carbocycles. The molecule has 0 spiro atoms. The summed E-state index contributed by atoms with van der Waals surface area (Å²) in [6, 6.07) is 9.15. The largest absolute Gasteiger partial charge is 0.477 e. The van der Waals surface area contributed by atoms with Gasteiger partial charge in [0, 0.05) is 27.6 Å². The van der Waals surface area contributed by atoms with Gasteiger partial charge in [-0.3, -0.25) is 0 Å². The lowest BCUT2D eigenvalue weighted by molar-refractivity contribution is -0.0910. The second-order valence-corrected chi connectivity index (χ2v) is 8.63. The van der Waals surface area contributed by atoms with Crippen LogP contribution in [0.3, 0.4) is 0 Å². The van der Waals surface area contributed by atoms with Crippen molar-refractivity contribution < 1.29 is 29.6 Å². The standard InChI is InChI=1S/C19H19Cl2FO5S/c20-10-4-5-14(9(6-10)7-11-12(21)2-1-3-13(11)22)27-19-18(26)17(25)16(24)15(8-23)28-19/h1-6,15-19,23-26H,7-8H2/t15-,16-,17+,18-,19-/m1/s1. The average Bonchev–Trinajstić information content (AvgIpc) is 2.67. The van der Waals surface area contributed by atoms with E-state index in [4.69, 9.17) is 27.9 Å². The minimum Gasteiger partial charge on any atom is -0.477 e. The average molecular weight is 449 g/mol. The van der Waals surface area contributed by atoms with E-state index in [1.807, 2.05) is 0 Å². The van der Waals surface area contributed by atoms with Crippen molar-refractivity contribution in [3.05, 3.63) is 63.4 Å². The number of halogens is 3. The first-order chi connectivity index (χ1) is 13.3. The molecule has 1 aliphatic rings. The molecule has 1 fully saturated rings. The van der Waals surface area contributed by atoms with Crippen LogP contribution in [0.2, 0.25) is 10.0 Å². The highest BCUT2D eigenvalue weighted by Gasteiger charge is 2.44. The van der Waals surface area contributed by atoms with E-state index < -0.39 is 41.4 Å². The van der Waals surface area contributed by atoms with Crippen LogP contribution in [0, 0.1) is 5.82 Å². The van der Waals surface area contributed by atoms with Crippen LogP contribution in [0.4, 0.5) is 4.39 Å². The van der Waals surface area contributed by atoms with Gasteiger partial charge in [-0.1, -0.05) is 29.3 Å². The maximum atomic E-state index is 14.2. The highest BCUT2D eigenvalue weighted by atomic mass is 35.5. The summed E-state index contributed by atoms with van der Waals surface area (Å²) in [5, 5.41) is 39.5. The number of aliphatic hydroxyl groups excluding tert-OH is 4. The van der Waals surface area contributed by atoms with E-state index in [0.717, 1.165) is 11.8 Å². The van der Waals surface area contributed by atoms with E-state index in [-0.39, 0.29) is 17.0 Å². The first-order valence-electron chi connectivity index (χ1n) is 8.50. The molecule has 1 saturated heterocycles. The molecule has 5 nitrogen and oxygen atoms in total. The third-order valence-corrected chi connectivity index (χ3v) is 6.55. The van der Waals surface area contributed by atoms with Gasteiger partial charge in [0.2, 0.25) is 0 Å². The van der Waals surface area contributed by atoms with Crippen LogP contribution in [-0.4, -0.2) is 56.0 Å². The van der Waals surface area contributed by atoms with Crippen molar-refractivity contribution in [2.24, 2.45) is 0 Å². The van der Waals surface area contributed by atoms with E-state index in [1.54, 1.807) is 24.3 Å². The van der Waals surface area contributed by atoms with Crippen molar-refractivity contribution in [1.29, 1.82) is 0 Å². The van der Waals surface area contributed by atoms with E-state index in [2.05, 4.69) is 0 Å². The predicted octanol–water partition coefficient (Wildman–Crippen LogP) is 2.62. The minimum atomic E-state index is -1.47. The van der Waals surface area contributed by atoms with Gasteiger partial charge in [-0.25, -0.2) is 4.39 Å². The van der Waals surface area contributed by atoms with Crippen molar-refractivity contribution in [3.63, 3.8) is 0 Å². The first-order valence-corrected chi connectivity index (χ1v) is 10.2. The SMILES string of the molecule is OC[C@H]1S[C@@H](Oc2ccc(Cl)cc2Cc2c(F)cccc2Cl)[C@H](O)[C@@H](O)[C@@H]1O. The summed E-state index contributed by atoms with van der Waals surface area (Å²) in [6.45, 7) is -0.395. The summed E-state index contributed by atoms with van der Waals surface area (Å²) in [5.41, 5.74) is -0.142. The Labute approximate surface area is 175 Å². The molecule has 3 rings (SSSR count). The normalized spacial score (nSPS) is 27.6. The Morgan fingerprint density at radius 1 is 1.04 bits per heavy atom. The molecule has 0 bridgehead atoms. The zero-order chi connectivity index (χ0) is 20.4. The molecule has 0 aromatic heterocycles. The number of hydrogen-bond acceptors (Lipinski definition) is 6. The summed E-state index contributed by atoms with van der Waals surface area (Å²) in [4.78, 5) is 0. The lowest BCUT2D eigenvalue weighted by atomic mass is 10.0. The van der Waals surface area contributed by atoms with Gasteiger partial charge in [-0.15, -0.1) is 11.8 Å². The Morgan fingerprint density at radius 3 is 2.46 bits per heavy atom. The van der Waals surface area contributed by atoms with Gasteiger partial charge >= 0.3 is 0 Å². The van der Waals surface area contributed by atoms with E-state index in [1.165, 1.54) is 12.1 Å². The van der Waals surface area contributed by atoms with Gasteiger partial charge in [-0.2, -0.15) is 0 Å². The second kappa shape index (κ2) is 9.17. The molecular weight excluding hydrogens is 430 g/mol. The lowest BCUT2D eigenvalue weighted by Crippen LogP contribution is -2.55. The maximum Gasteiger partial charge on any atom is 0.173 e. The topological polar surface area (TPSA) is 90.2 Å². The first kappa shape index (κ1) is 21.6. The van der Waals surface area contributed by atoms with Crippen molar-refractivity contribution in [2.75, 3.05) is 6.61 Å². The van der Waals surface area contributed by atoms with Gasteiger partial charge in [0.05, 0.1) is 18.0 Å². The van der Waals surface area contributed by atoms with E-state index in [9.17, 15) is 24.8 Å². The summed E-state index contributed by atoms with van der Waals surface area (Å²) in [5.74, 6) is -0.148. The lowest BCUT2D eigenvalue weighted by Gasteiger charge is -2.39.